The number of pyridine rings is 1. The minimum Gasteiger partial charge on any atom is -0.492 e. The Morgan fingerprint density at radius 2 is 1.76 bits per heavy atom. The van der Waals surface area contributed by atoms with Gasteiger partial charge in [0, 0.05) is 42.3 Å². The average molecular weight is 773 g/mol. The highest BCUT2D eigenvalue weighted by atomic mass is 35.5. The van der Waals surface area contributed by atoms with Gasteiger partial charge in [-0.3, -0.25) is 14.7 Å². The molecular weight excluding hydrogens is 717 g/mol. The van der Waals surface area contributed by atoms with Crippen molar-refractivity contribution < 1.29 is 27.4 Å². The second-order valence-corrected chi connectivity index (χ2v) is 14.8. The molecular formula is C41H56ClF3N6O3. The normalized spacial score (nSPS) is 16.4. The molecule has 0 bridgehead atoms. The molecule has 1 aliphatic rings. The zero-order valence-corrected chi connectivity index (χ0v) is 32.9. The highest BCUT2D eigenvalue weighted by molar-refractivity contribution is 6.32. The van der Waals surface area contributed by atoms with Gasteiger partial charge < -0.3 is 25.0 Å². The summed E-state index contributed by atoms with van der Waals surface area (Å²) < 4.78 is 53.2. The van der Waals surface area contributed by atoms with Crippen molar-refractivity contribution in [2.75, 3.05) is 57.6 Å². The van der Waals surface area contributed by atoms with Crippen molar-refractivity contribution >= 4 is 45.5 Å². The number of likely N-dealkylation sites (tertiary alicyclic amines) is 1. The van der Waals surface area contributed by atoms with Gasteiger partial charge in [0.15, 0.2) is 0 Å². The van der Waals surface area contributed by atoms with Crippen LogP contribution < -0.4 is 20.1 Å². The third-order valence-corrected chi connectivity index (χ3v) is 10.2. The molecule has 2 N–H and O–H groups in total. The van der Waals surface area contributed by atoms with Gasteiger partial charge in [-0.25, -0.2) is 0 Å². The predicted octanol–water partition coefficient (Wildman–Crippen LogP) is 10.3. The number of ether oxygens (including phenoxy) is 2. The Morgan fingerprint density at radius 3 is 2.43 bits per heavy atom. The molecule has 1 aromatic heterocycles. The number of carbonyl (C=O) groups excluding carboxylic acids is 1. The number of carbonyl (C=O) groups is 1. The summed E-state index contributed by atoms with van der Waals surface area (Å²) in [4.78, 5) is 21.3. The van der Waals surface area contributed by atoms with E-state index in [9.17, 15) is 23.2 Å². The van der Waals surface area contributed by atoms with E-state index in [1.807, 2.05) is 30.8 Å². The number of unbranched alkanes of at least 4 members (excludes halogenated alkanes) is 7. The van der Waals surface area contributed by atoms with Gasteiger partial charge in [0.1, 0.15) is 24.2 Å². The molecule has 54 heavy (non-hydrogen) atoms. The van der Waals surface area contributed by atoms with Crippen molar-refractivity contribution in [1.82, 2.24) is 14.8 Å². The van der Waals surface area contributed by atoms with Gasteiger partial charge >= 0.3 is 6.18 Å². The highest BCUT2D eigenvalue weighted by Gasteiger charge is 2.44. The van der Waals surface area contributed by atoms with Crippen LogP contribution in [0.3, 0.4) is 0 Å². The molecule has 2 unspecified atom stereocenters. The summed E-state index contributed by atoms with van der Waals surface area (Å²) in [6.07, 6.45) is 7.82. The van der Waals surface area contributed by atoms with Crippen molar-refractivity contribution in [3.05, 3.63) is 47.1 Å². The molecule has 2 heterocycles. The van der Waals surface area contributed by atoms with Crippen LogP contribution in [-0.4, -0.2) is 79.9 Å². The van der Waals surface area contributed by atoms with Gasteiger partial charge in [-0.15, -0.1) is 0 Å². The number of benzene rings is 2. The molecule has 0 saturated carbocycles. The number of rotatable bonds is 21. The largest absolute Gasteiger partial charge is 0.492 e. The molecule has 0 aliphatic carbocycles. The molecule has 9 nitrogen and oxygen atoms in total. The van der Waals surface area contributed by atoms with Crippen LogP contribution in [0, 0.1) is 17.2 Å². The number of nitriles is 1. The van der Waals surface area contributed by atoms with Crippen LogP contribution in [0.4, 0.5) is 30.2 Å². The number of nitrogens with zero attached hydrogens (tertiary/aromatic N) is 4. The lowest BCUT2D eigenvalue weighted by Crippen LogP contribution is -2.50. The molecule has 1 saturated heterocycles. The summed E-state index contributed by atoms with van der Waals surface area (Å²) in [5.74, 6) is -0.580. The van der Waals surface area contributed by atoms with Crippen LogP contribution in [0.5, 0.6) is 11.5 Å². The molecule has 1 aliphatic heterocycles. The number of halogens is 4. The van der Waals surface area contributed by atoms with Crippen LogP contribution in [0.2, 0.25) is 5.02 Å². The Bertz CT molecular complexity index is 1700. The number of hydrogen-bond donors (Lipinski definition) is 2. The van der Waals surface area contributed by atoms with E-state index in [2.05, 4.69) is 28.6 Å². The quantitative estimate of drug-likeness (QED) is 0.103. The molecule has 0 radical (unpaired) electrons. The first-order valence-corrected chi connectivity index (χ1v) is 19.8. The fraction of sp³-hybridized carbons (Fsp3) is 0.585. The first-order chi connectivity index (χ1) is 25.9. The van der Waals surface area contributed by atoms with Crippen LogP contribution in [-0.2, 0) is 4.79 Å². The standard InChI is InChI=1S/C41H56ClF3N6O3/c1-5-7-8-9-10-11-12-13-21-51-27-30(41(43,44)45)16-18-32(51)28-54-37-19-17-31(22-34(37)42)48-40-29(25-46)26-47-35-24-38(53-6-2)36(23-33(35)40)49-39(52)15-14-20-50(3)4/h17,19,22-24,26,30,32H,5-16,18,20-21,27-28H2,1-4H3,(H,47,48)(H,49,52). The Kier molecular flexibility index (Phi) is 17.0. The maximum atomic E-state index is 13.7. The zero-order chi connectivity index (χ0) is 39.1. The molecule has 2 atom stereocenters. The molecule has 2 aromatic carbocycles. The second-order valence-electron chi connectivity index (χ2n) is 14.4. The van der Waals surface area contributed by atoms with Crippen molar-refractivity contribution in [1.29, 1.82) is 5.26 Å². The first kappa shape index (κ1) is 42.9. The minimum atomic E-state index is -4.21. The Morgan fingerprint density at radius 1 is 1.02 bits per heavy atom. The summed E-state index contributed by atoms with van der Waals surface area (Å²) in [5, 5.41) is 17.2. The van der Waals surface area contributed by atoms with Crippen LogP contribution in [0.1, 0.15) is 96.5 Å². The molecule has 0 spiro atoms. The maximum absolute atomic E-state index is 13.7. The SMILES string of the molecule is CCCCCCCCCCN1CC(C(F)(F)F)CCC1COc1ccc(Nc2c(C#N)cnc3cc(OCC)c(NC(=O)CCCN(C)C)cc23)cc1Cl. The molecule has 1 amide bonds. The molecule has 4 rings (SSSR count). The summed E-state index contributed by atoms with van der Waals surface area (Å²) in [5.41, 5.74) is 2.39. The lowest BCUT2D eigenvalue weighted by molar-refractivity contribution is -0.191. The van der Waals surface area contributed by atoms with Gasteiger partial charge in [0.25, 0.3) is 0 Å². The van der Waals surface area contributed by atoms with Crippen molar-refractivity contribution in [2.24, 2.45) is 5.92 Å². The number of piperidine rings is 1. The van der Waals surface area contributed by atoms with Gasteiger partial charge in [0.2, 0.25) is 5.91 Å². The van der Waals surface area contributed by atoms with E-state index in [-0.39, 0.29) is 37.1 Å². The minimum absolute atomic E-state index is 0.0142. The Hall–Kier alpha value is -3.79. The van der Waals surface area contributed by atoms with E-state index in [0.717, 1.165) is 25.8 Å². The fourth-order valence-corrected chi connectivity index (χ4v) is 7.12. The van der Waals surface area contributed by atoms with Gasteiger partial charge in [-0.05, 0) is 84.1 Å². The lowest BCUT2D eigenvalue weighted by atomic mass is 9.92. The van der Waals surface area contributed by atoms with E-state index < -0.39 is 12.1 Å². The number of fused-ring (bicyclic) bond motifs is 1. The fourth-order valence-electron chi connectivity index (χ4n) is 6.88. The number of anilines is 3. The summed E-state index contributed by atoms with van der Waals surface area (Å²) in [6.45, 7) is 6.04. The van der Waals surface area contributed by atoms with Crippen molar-refractivity contribution in [3.63, 3.8) is 0 Å². The van der Waals surface area contributed by atoms with Gasteiger partial charge in [-0.1, -0.05) is 63.5 Å². The third kappa shape index (κ3) is 12.9. The van der Waals surface area contributed by atoms with E-state index in [0.29, 0.717) is 76.9 Å². The number of amides is 1. The molecule has 13 heteroatoms. The monoisotopic (exact) mass is 772 g/mol. The number of hydrogen-bond acceptors (Lipinski definition) is 8. The second kappa shape index (κ2) is 21.3. The van der Waals surface area contributed by atoms with E-state index in [1.54, 1.807) is 30.3 Å². The van der Waals surface area contributed by atoms with E-state index >= 15 is 0 Å². The number of alkyl halides is 3. The van der Waals surface area contributed by atoms with Crippen molar-refractivity contribution in [2.45, 2.75) is 103 Å². The summed E-state index contributed by atoms with van der Waals surface area (Å²) in [7, 11) is 3.91. The highest BCUT2D eigenvalue weighted by Crippen LogP contribution is 2.39. The van der Waals surface area contributed by atoms with E-state index in [4.69, 9.17) is 21.1 Å². The number of nitrogens with one attached hydrogen (secondary N) is 2. The van der Waals surface area contributed by atoms with Crippen LogP contribution >= 0.6 is 11.6 Å². The molecule has 3 aromatic rings. The smallest absolute Gasteiger partial charge is 0.393 e. The number of aromatic nitrogens is 1. The van der Waals surface area contributed by atoms with Crippen molar-refractivity contribution in [3.8, 4) is 17.6 Å². The zero-order valence-electron chi connectivity index (χ0n) is 32.2. The lowest BCUT2D eigenvalue weighted by Gasteiger charge is -2.40. The summed E-state index contributed by atoms with van der Waals surface area (Å²) >= 11 is 6.72. The summed E-state index contributed by atoms with van der Waals surface area (Å²) in [6, 6.07) is 10.7. The van der Waals surface area contributed by atoms with Crippen LogP contribution in [0.15, 0.2) is 36.5 Å². The molecule has 296 valence electrons. The molecule has 1 fully saturated rings. The van der Waals surface area contributed by atoms with Crippen LogP contribution in [0.25, 0.3) is 10.9 Å². The Balaban J connectivity index is 1.46. The third-order valence-electron chi connectivity index (χ3n) is 9.89. The topological polar surface area (TPSA) is 103 Å². The first-order valence-electron chi connectivity index (χ1n) is 19.4. The van der Waals surface area contributed by atoms with E-state index in [1.165, 1.54) is 38.3 Å². The van der Waals surface area contributed by atoms with Gasteiger partial charge in [0.05, 0.1) is 40.0 Å². The van der Waals surface area contributed by atoms with Gasteiger partial charge in [-0.2, -0.15) is 18.4 Å². The average Bonchev–Trinajstić information content (AvgIpc) is 3.12. The maximum Gasteiger partial charge on any atom is 0.393 e. The Labute approximate surface area is 323 Å². The predicted molar refractivity (Wildman–Crippen MR) is 211 cm³/mol.